The fourth-order valence-corrected chi connectivity index (χ4v) is 8.14. The van der Waals surface area contributed by atoms with Gasteiger partial charge in [-0.15, -0.1) is 0 Å². The number of esters is 2. The minimum Gasteiger partial charge on any atom is -0.462 e. The van der Waals surface area contributed by atoms with Gasteiger partial charge in [0.15, 0.2) is 0 Å². The van der Waals surface area contributed by atoms with Gasteiger partial charge in [0.1, 0.15) is 12.2 Å². The van der Waals surface area contributed by atoms with Crippen LogP contribution in [-0.2, 0) is 19.1 Å². The summed E-state index contributed by atoms with van der Waals surface area (Å²) in [4.78, 5) is 30.3. The van der Waals surface area contributed by atoms with Crippen molar-refractivity contribution in [2.75, 3.05) is 52.4 Å². The Balaban J connectivity index is 4.90. The third-order valence-corrected chi connectivity index (χ3v) is 11.8. The van der Waals surface area contributed by atoms with Crippen LogP contribution in [0, 0.1) is 23.7 Å². The fourth-order valence-electron chi connectivity index (χ4n) is 8.14. The highest BCUT2D eigenvalue weighted by molar-refractivity contribution is 5.69. The Bertz CT molecular complexity index is 881. The first-order valence-corrected chi connectivity index (χ1v) is 24.4. The van der Waals surface area contributed by atoms with Crippen molar-refractivity contribution in [1.29, 1.82) is 0 Å². The maximum Gasteiger partial charge on any atom is 0.306 e. The second-order valence-corrected chi connectivity index (χ2v) is 18.5. The summed E-state index contributed by atoms with van der Waals surface area (Å²) < 4.78 is 12.1. The smallest absolute Gasteiger partial charge is 0.306 e. The summed E-state index contributed by atoms with van der Waals surface area (Å²) in [6, 6.07) is 0. The average Bonchev–Trinajstić information content (AvgIpc) is 3.18. The minimum atomic E-state index is -0.589. The van der Waals surface area contributed by atoms with E-state index in [1.165, 1.54) is 51.4 Å². The minimum absolute atomic E-state index is 0.00248. The lowest BCUT2D eigenvalue weighted by atomic mass is 9.91. The molecule has 0 heterocycles. The van der Waals surface area contributed by atoms with E-state index in [1.54, 1.807) is 0 Å². The molecule has 10 nitrogen and oxygen atoms in total. The molecule has 58 heavy (non-hydrogen) atoms. The summed E-state index contributed by atoms with van der Waals surface area (Å²) in [5.74, 6) is 2.21. The molecule has 0 bridgehead atoms. The van der Waals surface area contributed by atoms with Crippen molar-refractivity contribution in [3.8, 4) is 0 Å². The van der Waals surface area contributed by atoms with Gasteiger partial charge < -0.3 is 41.0 Å². The largest absolute Gasteiger partial charge is 0.462 e. The zero-order valence-electron chi connectivity index (χ0n) is 39.4. The number of rotatable bonds is 41. The lowest BCUT2D eigenvalue weighted by Crippen LogP contribution is -2.39. The molecule has 0 aromatic rings. The third kappa shape index (κ3) is 32.5. The molecule has 0 rings (SSSR count). The highest BCUT2D eigenvalue weighted by Gasteiger charge is 2.21. The van der Waals surface area contributed by atoms with Crippen molar-refractivity contribution in [3.05, 3.63) is 0 Å². The topological polar surface area (TPSA) is 152 Å². The van der Waals surface area contributed by atoms with Crippen LogP contribution in [0.2, 0.25) is 0 Å². The molecule has 0 aliphatic rings. The van der Waals surface area contributed by atoms with E-state index < -0.39 is 12.2 Å². The maximum absolute atomic E-state index is 12.9. The van der Waals surface area contributed by atoms with E-state index in [4.69, 9.17) is 20.9 Å². The summed E-state index contributed by atoms with van der Waals surface area (Å²) in [6.07, 6.45) is 20.6. The molecule has 6 N–H and O–H groups in total. The van der Waals surface area contributed by atoms with Crippen LogP contribution in [0.5, 0.6) is 0 Å². The Kier molecular flexibility index (Phi) is 36.6. The van der Waals surface area contributed by atoms with Gasteiger partial charge in [0.2, 0.25) is 0 Å². The molecule has 6 unspecified atom stereocenters. The predicted octanol–water partition coefficient (Wildman–Crippen LogP) is 9.26. The van der Waals surface area contributed by atoms with Crippen LogP contribution < -0.4 is 11.5 Å². The first-order valence-electron chi connectivity index (χ1n) is 24.4. The summed E-state index contributed by atoms with van der Waals surface area (Å²) in [7, 11) is 0. The molecule has 0 aromatic carbocycles. The lowest BCUT2D eigenvalue weighted by molar-refractivity contribution is -0.151. The monoisotopic (exact) mass is 827 g/mol. The predicted molar refractivity (Wildman–Crippen MR) is 244 cm³/mol. The highest BCUT2D eigenvalue weighted by atomic mass is 16.5. The molecular weight excluding hydrogens is 729 g/mol. The Morgan fingerprint density at radius 3 is 1.16 bits per heavy atom. The number of ether oxygens (including phenoxy) is 2. The Morgan fingerprint density at radius 2 is 0.862 bits per heavy atom. The molecular formula is C48H98N4O6. The van der Waals surface area contributed by atoms with Gasteiger partial charge in [0.25, 0.3) is 0 Å². The average molecular weight is 827 g/mol. The molecule has 0 radical (unpaired) electrons. The van der Waals surface area contributed by atoms with Crippen LogP contribution in [0.4, 0.5) is 0 Å². The van der Waals surface area contributed by atoms with E-state index >= 15 is 0 Å². The number of carbonyl (C=O) groups is 2. The van der Waals surface area contributed by atoms with E-state index in [9.17, 15) is 19.8 Å². The van der Waals surface area contributed by atoms with Gasteiger partial charge in [-0.25, -0.2) is 0 Å². The maximum atomic E-state index is 12.9. The molecule has 0 aliphatic heterocycles. The molecule has 0 aliphatic carbocycles. The summed E-state index contributed by atoms with van der Waals surface area (Å²) >= 11 is 0. The lowest BCUT2D eigenvalue weighted by Gasteiger charge is -2.27. The number of hydrogen-bond donors (Lipinski definition) is 4. The molecule has 0 spiro atoms. The van der Waals surface area contributed by atoms with E-state index in [-0.39, 0.29) is 37.2 Å². The molecule has 0 amide bonds. The quantitative estimate of drug-likeness (QED) is 0.0347. The zero-order chi connectivity index (χ0) is 43.6. The van der Waals surface area contributed by atoms with Crippen LogP contribution in [0.25, 0.3) is 0 Å². The third-order valence-electron chi connectivity index (χ3n) is 11.8. The van der Waals surface area contributed by atoms with Crippen LogP contribution in [-0.4, -0.2) is 109 Å². The molecule has 6 atom stereocenters. The highest BCUT2D eigenvalue weighted by Crippen LogP contribution is 2.25. The molecule has 10 heteroatoms. The van der Waals surface area contributed by atoms with Crippen LogP contribution in [0.1, 0.15) is 197 Å². The van der Waals surface area contributed by atoms with Crippen molar-refractivity contribution in [2.45, 2.75) is 221 Å². The Hall–Kier alpha value is -1.30. The molecule has 0 aromatic heterocycles. The Labute approximate surface area is 358 Å². The van der Waals surface area contributed by atoms with Gasteiger partial charge in [-0.1, -0.05) is 107 Å². The van der Waals surface area contributed by atoms with Crippen molar-refractivity contribution in [2.24, 2.45) is 35.1 Å². The second-order valence-electron chi connectivity index (χ2n) is 18.5. The van der Waals surface area contributed by atoms with E-state index in [0.29, 0.717) is 49.6 Å². The van der Waals surface area contributed by atoms with Crippen molar-refractivity contribution < 1.29 is 29.3 Å². The number of aliphatic hydroxyl groups is 2. The molecule has 0 saturated heterocycles. The van der Waals surface area contributed by atoms with E-state index in [1.807, 2.05) is 0 Å². The van der Waals surface area contributed by atoms with Crippen LogP contribution in [0.3, 0.4) is 0 Å². The molecule has 0 saturated carbocycles. The van der Waals surface area contributed by atoms with Crippen LogP contribution >= 0.6 is 0 Å². The number of nitrogens with two attached hydrogens (primary N) is 2. The fraction of sp³-hybridized carbons (Fsp3) is 0.958. The first kappa shape index (κ1) is 56.7. The Morgan fingerprint density at radius 1 is 0.517 bits per heavy atom. The van der Waals surface area contributed by atoms with E-state index in [0.717, 1.165) is 103 Å². The van der Waals surface area contributed by atoms with Gasteiger partial charge in [0.05, 0.1) is 12.2 Å². The summed E-state index contributed by atoms with van der Waals surface area (Å²) in [6.45, 7) is 22.5. The summed E-state index contributed by atoms with van der Waals surface area (Å²) in [5, 5.41) is 20.8. The van der Waals surface area contributed by atoms with Gasteiger partial charge in [-0.3, -0.25) is 9.59 Å². The standard InChI is InChI=1S/C48H98N4O6/c1-9-13-21-41(11-3)25-27-45(33-39(5)6)57-47(55)23-15-17-29-51(37-43(53)35-49)31-19-20-32-52(38-44(54)36-50)30-18-16-24-48(56)58-46(34-40(7)8)28-26-42(12-4)22-14-10-2/h39-46,53-54H,9-38,49-50H2,1-8H3. The number of unbranched alkanes of at least 4 members (excludes halogenated alkanes) is 5. The number of nitrogens with zero attached hydrogens (tertiary/aromatic N) is 2. The number of carbonyl (C=O) groups excluding carboxylic acids is 2. The first-order chi connectivity index (χ1) is 27.8. The molecule has 0 fully saturated rings. The normalized spacial score (nSPS) is 15.2. The second kappa shape index (κ2) is 37.5. The van der Waals surface area contributed by atoms with Gasteiger partial charge >= 0.3 is 11.9 Å². The van der Waals surface area contributed by atoms with E-state index in [2.05, 4.69) is 65.2 Å². The van der Waals surface area contributed by atoms with Gasteiger partial charge in [0, 0.05) is 39.0 Å². The van der Waals surface area contributed by atoms with Crippen molar-refractivity contribution in [1.82, 2.24) is 9.80 Å². The number of aliphatic hydroxyl groups excluding tert-OH is 2. The SMILES string of the molecule is CCCCC(CC)CCC(CC(C)C)OC(=O)CCCCN(CCCCN(CCCCC(=O)OC(CCC(CC)CCCC)CC(C)C)CC(O)CN)CC(O)CN. The molecule has 346 valence electrons. The van der Waals surface area contributed by atoms with Crippen molar-refractivity contribution >= 4 is 11.9 Å². The van der Waals surface area contributed by atoms with Gasteiger partial charge in [-0.2, -0.15) is 0 Å². The summed E-state index contributed by atoms with van der Waals surface area (Å²) in [5.41, 5.74) is 11.6. The van der Waals surface area contributed by atoms with Crippen LogP contribution in [0.15, 0.2) is 0 Å². The zero-order valence-corrected chi connectivity index (χ0v) is 39.4. The van der Waals surface area contributed by atoms with Crippen molar-refractivity contribution in [3.63, 3.8) is 0 Å². The van der Waals surface area contributed by atoms with Gasteiger partial charge in [-0.05, 0) is 127 Å². The number of hydrogen-bond acceptors (Lipinski definition) is 10.